The summed E-state index contributed by atoms with van der Waals surface area (Å²) in [6.07, 6.45) is 1.60. The van der Waals surface area contributed by atoms with Crippen LogP contribution in [0.25, 0.3) is 6.08 Å². The second-order valence-electron chi connectivity index (χ2n) is 4.43. The van der Waals surface area contributed by atoms with Crippen LogP contribution in [0.2, 0.25) is 0 Å². The maximum absolute atomic E-state index is 9.00. The Balaban J connectivity index is 3.14. The highest BCUT2D eigenvalue weighted by atomic mass is 127. The number of nitriles is 1. The largest absolute Gasteiger partial charge is 0.335 e. The van der Waals surface area contributed by atoms with Gasteiger partial charge in [-0.2, -0.15) is 10.1 Å². The molecule has 0 heterocycles. The lowest BCUT2D eigenvalue weighted by Crippen LogP contribution is -2.21. The summed E-state index contributed by atoms with van der Waals surface area (Å²) in [5.74, 6) is 0.537. The fraction of sp³-hybridized carbons (Fsp3) is 0.308. The Kier molecular flexibility index (Phi) is 4.54. The van der Waals surface area contributed by atoms with Crippen LogP contribution >= 0.6 is 22.6 Å². The fourth-order valence-electron chi connectivity index (χ4n) is 1.12. The van der Waals surface area contributed by atoms with Gasteiger partial charge in [-0.05, 0) is 55.5 Å². The lowest BCUT2D eigenvalue weighted by atomic mass is 10.1. The van der Waals surface area contributed by atoms with Crippen molar-refractivity contribution in [1.29, 1.82) is 5.26 Å². The highest BCUT2D eigenvalue weighted by Gasteiger charge is 2.17. The van der Waals surface area contributed by atoms with Gasteiger partial charge >= 0.3 is 0 Å². The molecule has 0 spiro atoms. The van der Waals surface area contributed by atoms with E-state index in [-0.39, 0.29) is 0 Å². The van der Waals surface area contributed by atoms with Crippen LogP contribution in [0.1, 0.15) is 31.9 Å². The molecule has 17 heavy (non-hydrogen) atoms. The summed E-state index contributed by atoms with van der Waals surface area (Å²) in [7, 11) is 0. The molecule has 0 N–H and O–H groups in total. The minimum atomic E-state index is -0.413. The molecule has 0 aliphatic rings. The van der Waals surface area contributed by atoms with Crippen molar-refractivity contribution in [3.63, 3.8) is 0 Å². The van der Waals surface area contributed by atoms with Crippen LogP contribution in [0.4, 0.5) is 0 Å². The second kappa shape index (κ2) is 5.52. The predicted octanol–water partition coefficient (Wildman–Crippen LogP) is 3.91. The van der Waals surface area contributed by atoms with Crippen LogP contribution in [-0.4, -0.2) is 5.60 Å². The van der Waals surface area contributed by atoms with E-state index < -0.39 is 5.60 Å². The molecule has 3 nitrogen and oxygen atoms in total. The first-order valence-electron chi connectivity index (χ1n) is 5.10. The van der Waals surface area contributed by atoms with Gasteiger partial charge in [0.25, 0.3) is 0 Å². The van der Waals surface area contributed by atoms with Gasteiger partial charge in [0, 0.05) is 5.56 Å². The Morgan fingerprint density at radius 3 is 2.53 bits per heavy atom. The van der Waals surface area contributed by atoms with Gasteiger partial charge in [0.05, 0.1) is 15.2 Å². The van der Waals surface area contributed by atoms with Crippen molar-refractivity contribution < 1.29 is 9.78 Å². The molecule has 1 rings (SSSR count). The van der Waals surface area contributed by atoms with Gasteiger partial charge < -0.3 is 4.89 Å². The van der Waals surface area contributed by atoms with Crippen LogP contribution in [-0.2, 0) is 4.89 Å². The van der Waals surface area contributed by atoms with E-state index in [2.05, 4.69) is 35.2 Å². The summed E-state index contributed by atoms with van der Waals surface area (Å²) in [5, 5.41) is 9.00. The number of rotatable bonds is 3. The molecule has 90 valence electrons. The Labute approximate surface area is 115 Å². The van der Waals surface area contributed by atoms with Crippen molar-refractivity contribution >= 4 is 28.7 Å². The summed E-state index contributed by atoms with van der Waals surface area (Å²) in [6, 6.07) is 5.65. The number of nitrogens with zero attached hydrogens (tertiary/aromatic N) is 1. The van der Waals surface area contributed by atoms with Crippen LogP contribution in [0.5, 0.6) is 5.75 Å². The third-order valence-corrected chi connectivity index (χ3v) is 2.70. The maximum atomic E-state index is 9.00. The summed E-state index contributed by atoms with van der Waals surface area (Å²) in [6.45, 7) is 9.37. The topological polar surface area (TPSA) is 42.2 Å². The molecule has 0 saturated heterocycles. The smallest absolute Gasteiger partial charge is 0.187 e. The van der Waals surface area contributed by atoms with Gasteiger partial charge in [0.2, 0.25) is 0 Å². The number of hydrogen-bond donors (Lipinski definition) is 0. The summed E-state index contributed by atoms with van der Waals surface area (Å²) >= 11 is 2.13. The van der Waals surface area contributed by atoms with Gasteiger partial charge in [0.15, 0.2) is 5.75 Å². The maximum Gasteiger partial charge on any atom is 0.187 e. The Morgan fingerprint density at radius 1 is 1.41 bits per heavy atom. The van der Waals surface area contributed by atoms with Gasteiger partial charge in [-0.15, -0.1) is 0 Å². The van der Waals surface area contributed by atoms with Crippen molar-refractivity contribution in [2.45, 2.75) is 26.4 Å². The summed E-state index contributed by atoms with van der Waals surface area (Å²) in [5.41, 5.74) is 0.765. The zero-order chi connectivity index (χ0) is 13.1. The molecule has 0 radical (unpaired) electrons. The van der Waals surface area contributed by atoms with E-state index in [0.29, 0.717) is 16.9 Å². The molecule has 0 atom stereocenters. The summed E-state index contributed by atoms with van der Waals surface area (Å²) < 4.78 is 0.876. The molecule has 0 unspecified atom stereocenters. The van der Waals surface area contributed by atoms with Crippen molar-refractivity contribution in [2.24, 2.45) is 0 Å². The van der Waals surface area contributed by atoms with Gasteiger partial charge in [0.1, 0.15) is 5.60 Å². The average molecular weight is 343 g/mol. The minimum absolute atomic E-state index is 0.413. The third kappa shape index (κ3) is 3.72. The first-order chi connectivity index (χ1) is 7.89. The third-order valence-electron chi connectivity index (χ3n) is 1.85. The second-order valence-corrected chi connectivity index (χ2v) is 5.59. The Bertz CT molecular complexity index is 470. The van der Waals surface area contributed by atoms with E-state index in [1.54, 1.807) is 12.1 Å². The molecule has 0 aromatic heterocycles. The zero-order valence-corrected chi connectivity index (χ0v) is 12.2. The van der Waals surface area contributed by atoms with E-state index in [0.717, 1.165) is 3.57 Å². The van der Waals surface area contributed by atoms with Crippen LogP contribution in [0, 0.1) is 14.9 Å². The molecule has 1 aromatic rings. The molecule has 1 aromatic carbocycles. The number of hydrogen-bond acceptors (Lipinski definition) is 3. The molecular formula is C13H14INO2. The standard InChI is InChI=1S/C13H14INO2/c1-5-10-9(8-15)6-7-11(14)12(10)16-17-13(2,3)4/h5-7H,1H2,2-4H3. The fourth-order valence-corrected chi connectivity index (χ4v) is 1.68. The van der Waals surface area contributed by atoms with Crippen molar-refractivity contribution in [1.82, 2.24) is 0 Å². The van der Waals surface area contributed by atoms with E-state index in [1.165, 1.54) is 0 Å². The molecule has 4 heteroatoms. The van der Waals surface area contributed by atoms with Gasteiger partial charge in [-0.1, -0.05) is 12.7 Å². The number of halogens is 1. The Hall–Kier alpha value is -1.06. The summed E-state index contributed by atoms with van der Waals surface area (Å²) in [4.78, 5) is 10.6. The molecule has 0 saturated carbocycles. The lowest BCUT2D eigenvalue weighted by molar-refractivity contribution is -0.275. The number of benzene rings is 1. The lowest BCUT2D eigenvalue weighted by Gasteiger charge is -2.19. The SMILES string of the molecule is C=Cc1c(C#N)ccc(I)c1OOC(C)(C)C. The highest BCUT2D eigenvalue weighted by Crippen LogP contribution is 2.30. The van der Waals surface area contributed by atoms with Crippen LogP contribution in [0.3, 0.4) is 0 Å². The van der Waals surface area contributed by atoms with E-state index in [4.69, 9.17) is 15.0 Å². The van der Waals surface area contributed by atoms with Crippen molar-refractivity contribution in [2.75, 3.05) is 0 Å². The van der Waals surface area contributed by atoms with E-state index in [9.17, 15) is 0 Å². The first kappa shape index (κ1) is 14.0. The molecular weight excluding hydrogens is 329 g/mol. The first-order valence-corrected chi connectivity index (χ1v) is 6.17. The van der Waals surface area contributed by atoms with Crippen molar-refractivity contribution in [3.8, 4) is 11.8 Å². The van der Waals surface area contributed by atoms with Crippen LogP contribution < -0.4 is 4.89 Å². The van der Waals surface area contributed by atoms with Crippen LogP contribution in [0.15, 0.2) is 18.7 Å². The Morgan fingerprint density at radius 2 is 2.06 bits per heavy atom. The molecule has 0 fully saturated rings. The van der Waals surface area contributed by atoms with E-state index in [1.807, 2.05) is 26.8 Å². The average Bonchev–Trinajstić information content (AvgIpc) is 2.25. The molecule has 0 bridgehead atoms. The van der Waals surface area contributed by atoms with Crippen molar-refractivity contribution in [3.05, 3.63) is 33.4 Å². The van der Waals surface area contributed by atoms with Gasteiger partial charge in [-0.25, -0.2) is 0 Å². The van der Waals surface area contributed by atoms with Gasteiger partial charge in [-0.3, -0.25) is 0 Å². The zero-order valence-electron chi connectivity index (χ0n) is 10.1. The molecule has 0 amide bonds. The molecule has 0 aliphatic heterocycles. The molecule has 0 aliphatic carbocycles. The minimum Gasteiger partial charge on any atom is -0.335 e. The van der Waals surface area contributed by atoms with E-state index >= 15 is 0 Å². The quantitative estimate of drug-likeness (QED) is 0.475. The predicted molar refractivity (Wildman–Crippen MR) is 75.4 cm³/mol. The normalized spacial score (nSPS) is 10.8. The highest BCUT2D eigenvalue weighted by molar-refractivity contribution is 14.1. The monoisotopic (exact) mass is 343 g/mol.